The van der Waals surface area contributed by atoms with Crippen molar-refractivity contribution in [2.75, 3.05) is 36.4 Å². The van der Waals surface area contributed by atoms with Crippen molar-refractivity contribution in [3.63, 3.8) is 0 Å². The molecule has 0 bridgehead atoms. The minimum atomic E-state index is -0.193. The number of anilines is 2. The molecular formula is C20H28N4O2. The third-order valence-corrected chi connectivity index (χ3v) is 6.48. The topological polar surface area (TPSA) is 87.5 Å². The number of benzene rings is 1. The Labute approximate surface area is 154 Å². The van der Waals surface area contributed by atoms with Crippen LogP contribution in [-0.4, -0.2) is 38.0 Å². The monoisotopic (exact) mass is 356 g/mol. The highest BCUT2D eigenvalue weighted by Gasteiger charge is 2.57. The summed E-state index contributed by atoms with van der Waals surface area (Å²) in [5.41, 5.74) is 7.63. The molecule has 6 heteroatoms. The van der Waals surface area contributed by atoms with Crippen molar-refractivity contribution < 1.29 is 9.59 Å². The molecule has 26 heavy (non-hydrogen) atoms. The molecule has 1 aliphatic carbocycles. The summed E-state index contributed by atoms with van der Waals surface area (Å²) in [6.07, 6.45) is 4.84. The molecular weight excluding hydrogens is 328 g/mol. The van der Waals surface area contributed by atoms with E-state index in [1.807, 2.05) is 18.2 Å². The number of carbonyl (C=O) groups is 2. The van der Waals surface area contributed by atoms with Gasteiger partial charge >= 0.3 is 0 Å². The van der Waals surface area contributed by atoms with Gasteiger partial charge in [-0.3, -0.25) is 9.59 Å². The number of amides is 2. The standard InChI is InChI=1S/C20H28N4O2/c21-18(25)14-4-10-24(11-5-14)16-3-1-2-15(12-16)23-19(26)17-13-20(17)6-8-22-9-7-20/h1-3,12,14,17,22H,4-11,13H2,(H2,21,25)(H,23,26). The molecule has 4 N–H and O–H groups in total. The van der Waals surface area contributed by atoms with Gasteiger partial charge in [-0.05, 0) is 68.8 Å². The molecule has 0 radical (unpaired) electrons. The van der Waals surface area contributed by atoms with Crippen LogP contribution in [-0.2, 0) is 9.59 Å². The number of hydrogen-bond acceptors (Lipinski definition) is 4. The summed E-state index contributed by atoms with van der Waals surface area (Å²) in [5, 5.41) is 6.50. The number of primary amides is 1. The Balaban J connectivity index is 1.36. The Kier molecular flexibility index (Phi) is 4.61. The Morgan fingerprint density at radius 2 is 1.92 bits per heavy atom. The fraction of sp³-hybridized carbons (Fsp3) is 0.600. The quantitative estimate of drug-likeness (QED) is 0.766. The molecule has 1 saturated carbocycles. The van der Waals surface area contributed by atoms with Crippen molar-refractivity contribution in [2.45, 2.75) is 32.1 Å². The molecule has 1 unspecified atom stereocenters. The fourth-order valence-electron chi connectivity index (χ4n) is 4.63. The average molecular weight is 356 g/mol. The highest BCUT2D eigenvalue weighted by Crippen LogP contribution is 2.58. The molecule has 1 atom stereocenters. The Morgan fingerprint density at radius 3 is 2.62 bits per heavy atom. The maximum Gasteiger partial charge on any atom is 0.228 e. The fourth-order valence-corrected chi connectivity index (χ4v) is 4.63. The molecule has 0 aromatic heterocycles. The molecule has 1 aromatic rings. The SMILES string of the molecule is NC(=O)C1CCN(c2cccc(NC(=O)C3CC34CCNCC4)c2)CC1. The highest BCUT2D eigenvalue weighted by atomic mass is 16.2. The lowest BCUT2D eigenvalue weighted by Crippen LogP contribution is -2.38. The number of carbonyl (C=O) groups excluding carboxylic acids is 2. The van der Waals surface area contributed by atoms with Crippen molar-refractivity contribution in [2.24, 2.45) is 23.0 Å². The number of rotatable bonds is 4. The smallest absolute Gasteiger partial charge is 0.228 e. The van der Waals surface area contributed by atoms with Crippen LogP contribution in [0.15, 0.2) is 24.3 Å². The van der Waals surface area contributed by atoms with Gasteiger partial charge < -0.3 is 21.3 Å². The minimum absolute atomic E-state index is 0.00910. The largest absolute Gasteiger partial charge is 0.371 e. The van der Waals surface area contributed by atoms with Gasteiger partial charge in [0, 0.05) is 36.3 Å². The highest BCUT2D eigenvalue weighted by molar-refractivity contribution is 5.95. The van der Waals surface area contributed by atoms with E-state index in [-0.39, 0.29) is 29.1 Å². The number of hydrogen-bond donors (Lipinski definition) is 3. The van der Waals surface area contributed by atoms with Gasteiger partial charge in [-0.15, -0.1) is 0 Å². The van der Waals surface area contributed by atoms with Crippen LogP contribution in [0.3, 0.4) is 0 Å². The van der Waals surface area contributed by atoms with Gasteiger partial charge in [0.2, 0.25) is 11.8 Å². The molecule has 4 rings (SSSR count). The third kappa shape index (κ3) is 3.43. The first-order valence-corrected chi connectivity index (χ1v) is 9.73. The van der Waals surface area contributed by atoms with Crippen LogP contribution in [0.2, 0.25) is 0 Å². The predicted octanol–water partition coefficient (Wildman–Crippen LogP) is 1.72. The van der Waals surface area contributed by atoms with E-state index in [4.69, 9.17) is 5.73 Å². The predicted molar refractivity (Wildman–Crippen MR) is 102 cm³/mol. The first kappa shape index (κ1) is 17.3. The molecule has 6 nitrogen and oxygen atoms in total. The Morgan fingerprint density at radius 1 is 1.19 bits per heavy atom. The van der Waals surface area contributed by atoms with E-state index in [1.165, 1.54) is 0 Å². The molecule has 2 heterocycles. The van der Waals surface area contributed by atoms with E-state index in [0.29, 0.717) is 0 Å². The summed E-state index contributed by atoms with van der Waals surface area (Å²) >= 11 is 0. The van der Waals surface area contributed by atoms with Crippen LogP contribution in [0.1, 0.15) is 32.1 Å². The number of nitrogens with two attached hydrogens (primary N) is 1. The van der Waals surface area contributed by atoms with E-state index < -0.39 is 0 Å². The maximum absolute atomic E-state index is 12.7. The molecule has 1 spiro atoms. The summed E-state index contributed by atoms with van der Waals surface area (Å²) in [5.74, 6) is 0.128. The van der Waals surface area contributed by atoms with E-state index in [9.17, 15) is 9.59 Å². The Hall–Kier alpha value is -2.08. The Bertz CT molecular complexity index is 691. The third-order valence-electron chi connectivity index (χ3n) is 6.48. The summed E-state index contributed by atoms with van der Waals surface area (Å²) in [7, 11) is 0. The van der Waals surface area contributed by atoms with Crippen LogP contribution in [0.4, 0.5) is 11.4 Å². The summed E-state index contributed by atoms with van der Waals surface area (Å²) < 4.78 is 0. The summed E-state index contributed by atoms with van der Waals surface area (Å²) in [6.45, 7) is 3.70. The van der Waals surface area contributed by atoms with Crippen molar-refractivity contribution >= 4 is 23.2 Å². The average Bonchev–Trinajstić information content (AvgIpc) is 3.35. The maximum atomic E-state index is 12.7. The van der Waals surface area contributed by atoms with Crippen LogP contribution in [0.25, 0.3) is 0 Å². The summed E-state index contributed by atoms with van der Waals surface area (Å²) in [6, 6.07) is 8.04. The second-order valence-electron chi connectivity index (χ2n) is 8.07. The molecule has 140 valence electrons. The zero-order valence-corrected chi connectivity index (χ0v) is 15.2. The number of nitrogens with zero attached hydrogens (tertiary/aromatic N) is 1. The van der Waals surface area contributed by atoms with Gasteiger partial charge in [0.15, 0.2) is 0 Å². The zero-order valence-electron chi connectivity index (χ0n) is 15.2. The van der Waals surface area contributed by atoms with Crippen molar-refractivity contribution in [3.8, 4) is 0 Å². The first-order chi connectivity index (χ1) is 12.6. The molecule has 2 aliphatic heterocycles. The number of piperidine rings is 2. The summed E-state index contributed by atoms with van der Waals surface area (Å²) in [4.78, 5) is 26.2. The van der Waals surface area contributed by atoms with Gasteiger partial charge in [0.1, 0.15) is 0 Å². The zero-order chi connectivity index (χ0) is 18.1. The van der Waals surface area contributed by atoms with Gasteiger partial charge in [-0.1, -0.05) is 6.07 Å². The van der Waals surface area contributed by atoms with Gasteiger partial charge in [0.05, 0.1) is 0 Å². The first-order valence-electron chi connectivity index (χ1n) is 9.73. The van der Waals surface area contributed by atoms with Crippen molar-refractivity contribution in [1.82, 2.24) is 5.32 Å². The van der Waals surface area contributed by atoms with E-state index >= 15 is 0 Å². The molecule has 2 saturated heterocycles. The van der Waals surface area contributed by atoms with E-state index in [0.717, 1.165) is 69.7 Å². The normalized spacial score (nSPS) is 25.1. The lowest BCUT2D eigenvalue weighted by Gasteiger charge is -2.32. The van der Waals surface area contributed by atoms with Crippen molar-refractivity contribution in [1.29, 1.82) is 0 Å². The molecule has 2 amide bonds. The van der Waals surface area contributed by atoms with Crippen LogP contribution in [0.5, 0.6) is 0 Å². The van der Waals surface area contributed by atoms with Crippen LogP contribution >= 0.6 is 0 Å². The molecule has 3 aliphatic rings. The lowest BCUT2D eigenvalue weighted by molar-refractivity contribution is -0.122. The number of nitrogens with one attached hydrogen (secondary N) is 2. The van der Waals surface area contributed by atoms with Crippen LogP contribution < -0.4 is 21.3 Å². The van der Waals surface area contributed by atoms with Crippen LogP contribution in [0, 0.1) is 17.3 Å². The van der Waals surface area contributed by atoms with Gasteiger partial charge in [-0.25, -0.2) is 0 Å². The minimum Gasteiger partial charge on any atom is -0.371 e. The second-order valence-corrected chi connectivity index (χ2v) is 8.07. The molecule has 3 fully saturated rings. The second kappa shape index (κ2) is 6.91. The van der Waals surface area contributed by atoms with E-state index in [1.54, 1.807) is 0 Å². The van der Waals surface area contributed by atoms with Gasteiger partial charge in [0.25, 0.3) is 0 Å². The van der Waals surface area contributed by atoms with E-state index in [2.05, 4.69) is 21.6 Å². The van der Waals surface area contributed by atoms with Gasteiger partial charge in [-0.2, -0.15) is 0 Å². The molecule has 1 aromatic carbocycles. The van der Waals surface area contributed by atoms with Crippen molar-refractivity contribution in [3.05, 3.63) is 24.3 Å². The lowest BCUT2D eigenvalue weighted by atomic mass is 9.92.